The van der Waals surface area contributed by atoms with Gasteiger partial charge in [0.2, 0.25) is 11.8 Å². The molecule has 1 atom stereocenters. The first-order chi connectivity index (χ1) is 17.0. The highest BCUT2D eigenvalue weighted by Gasteiger charge is 2.30. The van der Waals surface area contributed by atoms with Crippen molar-refractivity contribution in [3.8, 4) is 11.5 Å². The van der Waals surface area contributed by atoms with Crippen LogP contribution in [0, 0.1) is 6.92 Å². The van der Waals surface area contributed by atoms with Crippen molar-refractivity contribution in [2.45, 2.75) is 83.8 Å². The third kappa shape index (κ3) is 8.30. The SMILES string of the molecule is CCC(C(=O)NC1CCCCC1)N(Cc1ccc(C)cc1)C(=O)CCCOc1ccc(OC)cc1. The Kier molecular flexibility index (Phi) is 10.5. The van der Waals surface area contributed by atoms with E-state index in [1.54, 1.807) is 12.0 Å². The lowest BCUT2D eigenvalue weighted by Gasteiger charge is -2.33. The molecule has 2 aromatic carbocycles. The molecular formula is C29H40N2O4. The Morgan fingerprint density at radius 1 is 1.00 bits per heavy atom. The maximum absolute atomic E-state index is 13.4. The fourth-order valence-electron chi connectivity index (χ4n) is 4.58. The number of carbonyl (C=O) groups excluding carboxylic acids is 2. The number of aryl methyl sites for hydroxylation is 1. The zero-order valence-electron chi connectivity index (χ0n) is 21.4. The molecule has 6 nitrogen and oxygen atoms in total. The molecule has 2 aromatic rings. The van der Waals surface area contributed by atoms with Crippen molar-refractivity contribution < 1.29 is 19.1 Å². The van der Waals surface area contributed by atoms with Gasteiger partial charge in [0.25, 0.3) is 0 Å². The van der Waals surface area contributed by atoms with Crippen LogP contribution in [-0.4, -0.2) is 42.5 Å². The summed E-state index contributed by atoms with van der Waals surface area (Å²) in [6, 6.07) is 15.3. The zero-order chi connectivity index (χ0) is 25.0. The van der Waals surface area contributed by atoms with Crippen LogP contribution in [0.25, 0.3) is 0 Å². The number of benzene rings is 2. The fraction of sp³-hybridized carbons (Fsp3) is 0.517. The van der Waals surface area contributed by atoms with Gasteiger partial charge in [0.05, 0.1) is 13.7 Å². The van der Waals surface area contributed by atoms with E-state index in [0.717, 1.165) is 42.7 Å². The van der Waals surface area contributed by atoms with E-state index >= 15 is 0 Å². The van der Waals surface area contributed by atoms with Crippen LogP contribution in [0.3, 0.4) is 0 Å². The van der Waals surface area contributed by atoms with Gasteiger partial charge in [0, 0.05) is 19.0 Å². The highest BCUT2D eigenvalue weighted by Crippen LogP contribution is 2.20. The number of amides is 2. The molecular weight excluding hydrogens is 440 g/mol. The van der Waals surface area contributed by atoms with Crippen molar-refractivity contribution in [3.05, 3.63) is 59.7 Å². The summed E-state index contributed by atoms with van der Waals surface area (Å²) in [5.74, 6) is 1.47. The van der Waals surface area contributed by atoms with Gasteiger partial charge >= 0.3 is 0 Å². The largest absolute Gasteiger partial charge is 0.497 e. The van der Waals surface area contributed by atoms with Crippen LogP contribution in [0.1, 0.15) is 69.4 Å². The van der Waals surface area contributed by atoms with Crippen LogP contribution < -0.4 is 14.8 Å². The van der Waals surface area contributed by atoms with Crippen LogP contribution in [0.2, 0.25) is 0 Å². The van der Waals surface area contributed by atoms with Crippen LogP contribution in [-0.2, 0) is 16.1 Å². The number of hydrogen-bond donors (Lipinski definition) is 1. The van der Waals surface area contributed by atoms with Crippen molar-refractivity contribution in [1.29, 1.82) is 0 Å². The van der Waals surface area contributed by atoms with Crippen LogP contribution in [0.15, 0.2) is 48.5 Å². The number of nitrogens with zero attached hydrogens (tertiary/aromatic N) is 1. The van der Waals surface area contributed by atoms with E-state index in [-0.39, 0.29) is 17.9 Å². The molecule has 2 amide bonds. The van der Waals surface area contributed by atoms with Gasteiger partial charge in [0.1, 0.15) is 17.5 Å². The predicted molar refractivity (Wildman–Crippen MR) is 139 cm³/mol. The van der Waals surface area contributed by atoms with Crippen LogP contribution >= 0.6 is 0 Å². The van der Waals surface area contributed by atoms with Gasteiger partial charge in [-0.15, -0.1) is 0 Å². The Morgan fingerprint density at radius 3 is 2.29 bits per heavy atom. The summed E-state index contributed by atoms with van der Waals surface area (Å²) < 4.78 is 11.0. The summed E-state index contributed by atoms with van der Waals surface area (Å²) >= 11 is 0. The summed E-state index contributed by atoms with van der Waals surface area (Å²) in [7, 11) is 1.63. The first kappa shape index (κ1) is 26.6. The summed E-state index contributed by atoms with van der Waals surface area (Å²) in [4.78, 5) is 28.4. The lowest BCUT2D eigenvalue weighted by atomic mass is 9.95. The molecule has 3 rings (SSSR count). The number of hydrogen-bond acceptors (Lipinski definition) is 4. The number of carbonyl (C=O) groups is 2. The van der Waals surface area contributed by atoms with Crippen molar-refractivity contribution in [2.75, 3.05) is 13.7 Å². The maximum Gasteiger partial charge on any atom is 0.243 e. The summed E-state index contributed by atoms with van der Waals surface area (Å²) in [5, 5.41) is 3.23. The normalized spacial score (nSPS) is 14.7. The molecule has 1 saturated carbocycles. The molecule has 0 radical (unpaired) electrons. The summed E-state index contributed by atoms with van der Waals surface area (Å²) in [5.41, 5.74) is 2.20. The number of ether oxygens (including phenoxy) is 2. The van der Waals surface area contributed by atoms with E-state index < -0.39 is 6.04 Å². The molecule has 35 heavy (non-hydrogen) atoms. The Hall–Kier alpha value is -3.02. The highest BCUT2D eigenvalue weighted by atomic mass is 16.5. The number of nitrogens with one attached hydrogen (secondary N) is 1. The molecule has 0 spiro atoms. The second-order valence-corrected chi connectivity index (χ2v) is 9.40. The van der Waals surface area contributed by atoms with Gasteiger partial charge in [-0.2, -0.15) is 0 Å². The smallest absolute Gasteiger partial charge is 0.243 e. The van der Waals surface area contributed by atoms with E-state index in [2.05, 4.69) is 5.32 Å². The second-order valence-electron chi connectivity index (χ2n) is 9.40. The minimum Gasteiger partial charge on any atom is -0.497 e. The molecule has 1 aliphatic rings. The van der Waals surface area contributed by atoms with E-state index in [1.165, 1.54) is 12.0 Å². The standard InChI is InChI=1S/C29H40N2O4/c1-4-27(29(33)30-24-9-6-5-7-10-24)31(21-23-14-12-22(2)13-15-23)28(32)11-8-20-35-26-18-16-25(34-3)17-19-26/h12-19,24,27H,4-11,20-21H2,1-3H3,(H,30,33). The Morgan fingerprint density at radius 2 is 1.66 bits per heavy atom. The molecule has 0 heterocycles. The Bertz CT molecular complexity index is 921. The lowest BCUT2D eigenvalue weighted by molar-refractivity contribution is -0.142. The van der Waals surface area contributed by atoms with Crippen LogP contribution in [0.4, 0.5) is 0 Å². The van der Waals surface area contributed by atoms with Gasteiger partial charge in [-0.3, -0.25) is 9.59 Å². The highest BCUT2D eigenvalue weighted by molar-refractivity contribution is 5.87. The second kappa shape index (κ2) is 13.8. The monoisotopic (exact) mass is 480 g/mol. The molecule has 0 bridgehead atoms. The summed E-state index contributed by atoms with van der Waals surface area (Å²) in [6.07, 6.45) is 7.08. The van der Waals surface area contributed by atoms with Gasteiger partial charge < -0.3 is 19.7 Å². The van der Waals surface area contributed by atoms with E-state index in [4.69, 9.17) is 9.47 Å². The third-order valence-electron chi connectivity index (χ3n) is 6.67. The molecule has 6 heteroatoms. The van der Waals surface area contributed by atoms with Gasteiger partial charge in [0.15, 0.2) is 0 Å². The van der Waals surface area contributed by atoms with Gasteiger partial charge in [-0.1, -0.05) is 56.0 Å². The first-order valence-corrected chi connectivity index (χ1v) is 12.9. The Labute approximate surface area is 210 Å². The number of methoxy groups -OCH3 is 1. The van der Waals surface area contributed by atoms with Crippen molar-refractivity contribution in [2.24, 2.45) is 0 Å². The third-order valence-corrected chi connectivity index (χ3v) is 6.67. The quantitative estimate of drug-likeness (QED) is 0.412. The van der Waals surface area contributed by atoms with Gasteiger partial charge in [-0.05, 0) is 62.4 Å². The summed E-state index contributed by atoms with van der Waals surface area (Å²) in [6.45, 7) is 4.88. The number of rotatable bonds is 12. The predicted octanol–water partition coefficient (Wildman–Crippen LogP) is 5.42. The van der Waals surface area contributed by atoms with E-state index in [1.807, 2.05) is 62.4 Å². The van der Waals surface area contributed by atoms with Gasteiger partial charge in [-0.25, -0.2) is 0 Å². The molecule has 0 saturated heterocycles. The fourth-order valence-corrected chi connectivity index (χ4v) is 4.58. The molecule has 0 aliphatic heterocycles. The molecule has 0 aromatic heterocycles. The first-order valence-electron chi connectivity index (χ1n) is 12.9. The zero-order valence-corrected chi connectivity index (χ0v) is 21.4. The average Bonchev–Trinajstić information content (AvgIpc) is 2.88. The van der Waals surface area contributed by atoms with E-state index in [9.17, 15) is 9.59 Å². The van der Waals surface area contributed by atoms with E-state index in [0.29, 0.717) is 32.4 Å². The topological polar surface area (TPSA) is 67.9 Å². The van der Waals surface area contributed by atoms with Crippen molar-refractivity contribution >= 4 is 11.8 Å². The molecule has 1 unspecified atom stereocenters. The molecule has 1 fully saturated rings. The lowest BCUT2D eigenvalue weighted by Crippen LogP contribution is -2.51. The van der Waals surface area contributed by atoms with Crippen molar-refractivity contribution in [3.63, 3.8) is 0 Å². The molecule has 1 aliphatic carbocycles. The Balaban J connectivity index is 1.62. The average molecular weight is 481 g/mol. The maximum atomic E-state index is 13.4. The molecule has 190 valence electrons. The minimum absolute atomic E-state index is 0.0189. The van der Waals surface area contributed by atoms with Crippen molar-refractivity contribution in [1.82, 2.24) is 10.2 Å². The minimum atomic E-state index is -0.478. The van der Waals surface area contributed by atoms with Crippen LogP contribution in [0.5, 0.6) is 11.5 Å². The molecule has 1 N–H and O–H groups in total.